The summed E-state index contributed by atoms with van der Waals surface area (Å²) in [5.74, 6) is -0.255. The van der Waals surface area contributed by atoms with Crippen molar-refractivity contribution in [2.45, 2.75) is 19.3 Å². The first-order chi connectivity index (χ1) is 11.1. The lowest BCUT2D eigenvalue weighted by atomic mass is 10.1. The summed E-state index contributed by atoms with van der Waals surface area (Å²) in [5.41, 5.74) is 4.05. The molecule has 0 spiro atoms. The molecule has 1 N–H and O–H groups in total. The summed E-state index contributed by atoms with van der Waals surface area (Å²) < 4.78 is 0. The molecule has 0 radical (unpaired) electrons. The fraction of sp³-hybridized carbons (Fsp3) is 0.167. The van der Waals surface area contributed by atoms with Gasteiger partial charge in [-0.15, -0.1) is 0 Å². The third kappa shape index (κ3) is 3.63. The van der Waals surface area contributed by atoms with Crippen molar-refractivity contribution in [1.29, 1.82) is 0 Å². The van der Waals surface area contributed by atoms with Gasteiger partial charge in [-0.3, -0.25) is 14.9 Å². The normalized spacial score (nSPS) is 13.0. The fourth-order valence-corrected chi connectivity index (χ4v) is 2.75. The van der Waals surface area contributed by atoms with Crippen molar-refractivity contribution >= 4 is 23.4 Å². The second-order valence-corrected chi connectivity index (χ2v) is 5.51. The molecule has 0 atom stereocenters. The van der Waals surface area contributed by atoms with Crippen LogP contribution in [-0.4, -0.2) is 10.8 Å². The molecule has 23 heavy (non-hydrogen) atoms. The van der Waals surface area contributed by atoms with E-state index >= 15 is 0 Å². The molecule has 5 nitrogen and oxygen atoms in total. The van der Waals surface area contributed by atoms with Crippen molar-refractivity contribution in [1.82, 2.24) is 0 Å². The smallest absolute Gasteiger partial charge is 0.270 e. The molecule has 0 saturated carbocycles. The Morgan fingerprint density at radius 2 is 1.96 bits per heavy atom. The van der Waals surface area contributed by atoms with Crippen LogP contribution in [0.4, 0.5) is 11.4 Å². The minimum atomic E-state index is -0.456. The van der Waals surface area contributed by atoms with Crippen LogP contribution in [0.25, 0.3) is 6.08 Å². The van der Waals surface area contributed by atoms with Gasteiger partial charge in [0.2, 0.25) is 5.91 Å². The summed E-state index contributed by atoms with van der Waals surface area (Å²) in [4.78, 5) is 22.2. The summed E-state index contributed by atoms with van der Waals surface area (Å²) in [7, 11) is 0. The standard InChI is InChI=1S/C18H16N2O3/c21-18(10-7-13-3-1-6-17(11-13)20(22)23)19-16-9-8-14-4-2-5-15(14)12-16/h1,3,6-12H,2,4-5H2,(H,19,21). The van der Waals surface area contributed by atoms with Crippen LogP contribution in [0.5, 0.6) is 0 Å². The lowest BCUT2D eigenvalue weighted by Gasteiger charge is -2.05. The fourth-order valence-electron chi connectivity index (χ4n) is 2.75. The number of hydrogen-bond donors (Lipinski definition) is 1. The number of amides is 1. The number of fused-ring (bicyclic) bond motifs is 1. The van der Waals surface area contributed by atoms with Crippen molar-refractivity contribution in [3.63, 3.8) is 0 Å². The maximum Gasteiger partial charge on any atom is 0.270 e. The predicted molar refractivity (Wildman–Crippen MR) is 89.2 cm³/mol. The van der Waals surface area contributed by atoms with Gasteiger partial charge in [-0.25, -0.2) is 0 Å². The highest BCUT2D eigenvalue weighted by molar-refractivity contribution is 6.02. The van der Waals surface area contributed by atoms with Crippen LogP contribution in [0.1, 0.15) is 23.1 Å². The van der Waals surface area contributed by atoms with E-state index in [4.69, 9.17) is 0 Å². The summed E-state index contributed by atoms with van der Waals surface area (Å²) in [6.07, 6.45) is 6.28. The lowest BCUT2D eigenvalue weighted by Crippen LogP contribution is -2.08. The highest BCUT2D eigenvalue weighted by Gasteiger charge is 2.11. The number of aryl methyl sites for hydroxylation is 2. The maximum absolute atomic E-state index is 12.0. The molecule has 1 amide bonds. The van der Waals surface area contributed by atoms with Crippen LogP contribution < -0.4 is 5.32 Å². The molecular weight excluding hydrogens is 292 g/mol. The molecule has 3 rings (SSSR count). The Balaban J connectivity index is 1.67. The van der Waals surface area contributed by atoms with Gasteiger partial charge in [0, 0.05) is 23.9 Å². The number of nitrogens with zero attached hydrogens (tertiary/aromatic N) is 1. The van der Waals surface area contributed by atoms with E-state index in [1.165, 1.54) is 35.8 Å². The molecule has 0 aromatic heterocycles. The lowest BCUT2D eigenvalue weighted by molar-refractivity contribution is -0.384. The molecular formula is C18H16N2O3. The highest BCUT2D eigenvalue weighted by Crippen LogP contribution is 2.24. The zero-order valence-electron chi connectivity index (χ0n) is 12.5. The van der Waals surface area contributed by atoms with Gasteiger partial charge in [-0.2, -0.15) is 0 Å². The molecule has 2 aromatic rings. The van der Waals surface area contributed by atoms with Gasteiger partial charge in [0.25, 0.3) is 5.69 Å². The van der Waals surface area contributed by atoms with Gasteiger partial charge in [0.05, 0.1) is 4.92 Å². The Morgan fingerprint density at radius 3 is 2.78 bits per heavy atom. The third-order valence-electron chi connectivity index (χ3n) is 3.87. The average molecular weight is 308 g/mol. The molecule has 0 bridgehead atoms. The number of anilines is 1. The average Bonchev–Trinajstić information content (AvgIpc) is 3.01. The van der Waals surface area contributed by atoms with Gasteiger partial charge in [-0.1, -0.05) is 18.2 Å². The third-order valence-corrected chi connectivity index (χ3v) is 3.87. The van der Waals surface area contributed by atoms with E-state index in [0.717, 1.165) is 18.5 Å². The van der Waals surface area contributed by atoms with Crippen LogP contribution in [0.15, 0.2) is 48.5 Å². The quantitative estimate of drug-likeness (QED) is 0.531. The van der Waals surface area contributed by atoms with Crippen LogP contribution >= 0.6 is 0 Å². The molecule has 1 aliphatic rings. The summed E-state index contributed by atoms with van der Waals surface area (Å²) in [6, 6.07) is 12.1. The number of nitro benzene ring substituents is 1. The van der Waals surface area contributed by atoms with E-state index in [1.54, 1.807) is 18.2 Å². The van der Waals surface area contributed by atoms with Crippen molar-refractivity contribution in [2.75, 3.05) is 5.32 Å². The molecule has 116 valence electrons. The number of non-ortho nitro benzene ring substituents is 1. The molecule has 1 aliphatic carbocycles. The van der Waals surface area contributed by atoms with Crippen molar-refractivity contribution in [3.8, 4) is 0 Å². The van der Waals surface area contributed by atoms with Crippen molar-refractivity contribution in [2.24, 2.45) is 0 Å². The zero-order chi connectivity index (χ0) is 16.2. The van der Waals surface area contributed by atoms with E-state index in [0.29, 0.717) is 5.56 Å². The molecule has 0 heterocycles. The Morgan fingerprint density at radius 1 is 1.13 bits per heavy atom. The van der Waals surface area contributed by atoms with Gasteiger partial charge in [-0.05, 0) is 54.2 Å². The Hall–Kier alpha value is -2.95. The number of benzene rings is 2. The number of rotatable bonds is 4. The van der Waals surface area contributed by atoms with Crippen molar-refractivity contribution in [3.05, 3.63) is 75.3 Å². The number of nitro groups is 1. The first-order valence-corrected chi connectivity index (χ1v) is 7.47. The molecule has 0 unspecified atom stereocenters. The monoisotopic (exact) mass is 308 g/mol. The molecule has 0 aliphatic heterocycles. The molecule has 0 saturated heterocycles. The van der Waals surface area contributed by atoms with Gasteiger partial charge in [0.1, 0.15) is 0 Å². The van der Waals surface area contributed by atoms with Crippen LogP contribution in [0.2, 0.25) is 0 Å². The number of hydrogen-bond acceptors (Lipinski definition) is 3. The first-order valence-electron chi connectivity index (χ1n) is 7.47. The van der Waals surface area contributed by atoms with E-state index in [9.17, 15) is 14.9 Å². The van der Waals surface area contributed by atoms with E-state index < -0.39 is 4.92 Å². The molecule has 2 aromatic carbocycles. The Labute approximate surface area is 133 Å². The largest absolute Gasteiger partial charge is 0.323 e. The zero-order valence-corrected chi connectivity index (χ0v) is 12.5. The number of nitrogens with one attached hydrogen (secondary N) is 1. The van der Waals surface area contributed by atoms with Gasteiger partial charge in [0.15, 0.2) is 0 Å². The van der Waals surface area contributed by atoms with Crippen LogP contribution in [0, 0.1) is 10.1 Å². The minimum absolute atomic E-state index is 0.00572. The highest BCUT2D eigenvalue weighted by atomic mass is 16.6. The van der Waals surface area contributed by atoms with Gasteiger partial charge < -0.3 is 5.32 Å². The summed E-state index contributed by atoms with van der Waals surface area (Å²) in [6.45, 7) is 0. The van der Waals surface area contributed by atoms with Crippen molar-refractivity contribution < 1.29 is 9.72 Å². The Kier molecular flexibility index (Phi) is 4.19. The van der Waals surface area contributed by atoms with Gasteiger partial charge >= 0.3 is 0 Å². The second kappa shape index (κ2) is 6.44. The Bertz CT molecular complexity index is 797. The van der Waals surface area contributed by atoms with E-state index in [2.05, 4.69) is 11.4 Å². The predicted octanol–water partition coefficient (Wildman–Crippen LogP) is 3.74. The van der Waals surface area contributed by atoms with E-state index in [1.807, 2.05) is 12.1 Å². The second-order valence-electron chi connectivity index (χ2n) is 5.51. The topological polar surface area (TPSA) is 72.2 Å². The van der Waals surface area contributed by atoms with E-state index in [-0.39, 0.29) is 11.6 Å². The summed E-state index contributed by atoms with van der Waals surface area (Å²) >= 11 is 0. The van der Waals surface area contributed by atoms with Crippen LogP contribution in [0.3, 0.4) is 0 Å². The SMILES string of the molecule is O=C(C=Cc1cccc([N+](=O)[O-])c1)Nc1ccc2c(c1)CCC2. The first kappa shape index (κ1) is 15.0. The minimum Gasteiger partial charge on any atom is -0.323 e. The van der Waals surface area contributed by atoms with Crippen LogP contribution in [-0.2, 0) is 17.6 Å². The molecule has 5 heteroatoms. The number of carbonyl (C=O) groups is 1. The maximum atomic E-state index is 12.0. The molecule has 0 fully saturated rings. The summed E-state index contributed by atoms with van der Waals surface area (Å²) in [5, 5.41) is 13.5. The number of carbonyl (C=O) groups excluding carboxylic acids is 1.